The van der Waals surface area contributed by atoms with E-state index in [2.05, 4.69) is 65.7 Å². The molecule has 3 unspecified atom stereocenters. The Morgan fingerprint density at radius 2 is 1.87 bits per heavy atom. The average Bonchev–Trinajstić information content (AvgIpc) is 3.87. The van der Waals surface area contributed by atoms with Gasteiger partial charge in [0.05, 0.1) is 17.5 Å². The van der Waals surface area contributed by atoms with Crippen molar-refractivity contribution in [2.24, 2.45) is 34.6 Å². The summed E-state index contributed by atoms with van der Waals surface area (Å²) in [7, 11) is -1.99. The molecule has 6 atom stereocenters. The number of ether oxygens (including phenoxy) is 1. The summed E-state index contributed by atoms with van der Waals surface area (Å²) in [6.45, 7) is 8.98. The molecule has 2 saturated carbocycles. The molecule has 0 amide bonds. The fraction of sp³-hybridized carbons (Fsp3) is 0.615. The molecule has 0 saturated heterocycles. The average molecular weight is 680 g/mol. The lowest BCUT2D eigenvalue weighted by atomic mass is 9.65. The van der Waals surface area contributed by atoms with Crippen LogP contribution in [0.15, 0.2) is 53.5 Å². The first-order valence-corrected chi connectivity index (χ1v) is 20.1. The van der Waals surface area contributed by atoms with E-state index >= 15 is 0 Å². The normalized spacial score (nSPS) is 30.7. The van der Waals surface area contributed by atoms with E-state index in [1.54, 1.807) is 7.05 Å². The van der Waals surface area contributed by atoms with Gasteiger partial charge in [0, 0.05) is 36.6 Å². The maximum absolute atomic E-state index is 14.1. The molecule has 2 bridgehead atoms. The van der Waals surface area contributed by atoms with E-state index < -0.39 is 15.3 Å². The molecular formula is C39H54ClN3O3S. The summed E-state index contributed by atoms with van der Waals surface area (Å²) in [6, 6.07) is 12.4. The lowest BCUT2D eigenvalue weighted by Crippen LogP contribution is -2.43. The van der Waals surface area contributed by atoms with Crippen LogP contribution in [0.3, 0.4) is 0 Å². The number of aliphatic imine (C=N–C) groups is 1. The van der Waals surface area contributed by atoms with Gasteiger partial charge in [-0.3, -0.25) is 9.71 Å². The first-order valence-electron chi connectivity index (χ1n) is 18.2. The molecule has 8 heteroatoms. The zero-order valence-electron chi connectivity index (χ0n) is 28.8. The van der Waals surface area contributed by atoms with Gasteiger partial charge in [-0.2, -0.15) is 0 Å². The van der Waals surface area contributed by atoms with Crippen LogP contribution in [0.2, 0.25) is 5.02 Å². The van der Waals surface area contributed by atoms with Crippen LogP contribution in [0, 0.1) is 29.6 Å². The van der Waals surface area contributed by atoms with E-state index in [-0.39, 0.29) is 11.8 Å². The van der Waals surface area contributed by atoms with E-state index in [0.717, 1.165) is 73.6 Å². The quantitative estimate of drug-likeness (QED) is 0.297. The summed E-state index contributed by atoms with van der Waals surface area (Å²) >= 11 is 6.48. The van der Waals surface area contributed by atoms with Gasteiger partial charge >= 0.3 is 0 Å². The first kappa shape index (κ1) is 34.4. The lowest BCUT2D eigenvalue weighted by molar-refractivity contribution is 0.125. The third kappa shape index (κ3) is 7.88. The lowest BCUT2D eigenvalue weighted by Gasteiger charge is -2.44. The molecular weight excluding hydrogens is 626 g/mol. The number of hydrogen-bond acceptors (Lipinski definition) is 5. The molecule has 2 fully saturated rings. The van der Waals surface area contributed by atoms with Gasteiger partial charge in [-0.25, -0.2) is 8.42 Å². The highest BCUT2D eigenvalue weighted by Gasteiger charge is 2.40. The summed E-state index contributed by atoms with van der Waals surface area (Å²) in [5, 5.41) is 0.322. The molecule has 2 heterocycles. The maximum Gasteiger partial charge on any atom is 0.237 e. The molecule has 2 aromatic carbocycles. The summed E-state index contributed by atoms with van der Waals surface area (Å²) in [4.78, 5) is 7.05. The van der Waals surface area contributed by atoms with Crippen LogP contribution in [0.1, 0.15) is 101 Å². The van der Waals surface area contributed by atoms with Crippen LogP contribution in [0.25, 0.3) is 0 Å². The summed E-state index contributed by atoms with van der Waals surface area (Å²) in [6.07, 6.45) is 15.3. The molecule has 2 aliphatic carbocycles. The predicted octanol–water partition coefficient (Wildman–Crippen LogP) is 8.78. The van der Waals surface area contributed by atoms with Crippen LogP contribution < -0.4 is 14.4 Å². The van der Waals surface area contributed by atoms with Crippen molar-refractivity contribution in [2.45, 2.75) is 96.1 Å². The number of rotatable bonds is 7. The number of amidine groups is 1. The largest absolute Gasteiger partial charge is 0.491 e. The Labute approximate surface area is 288 Å². The molecule has 1 N–H and O–H groups in total. The minimum atomic E-state index is -3.67. The number of aryl methyl sites for hydroxylation is 1. The van der Waals surface area contributed by atoms with E-state index in [1.807, 2.05) is 18.2 Å². The number of sulfonamides is 1. The fourth-order valence-corrected chi connectivity index (χ4v) is 10.4. The fourth-order valence-electron chi connectivity index (χ4n) is 8.33. The van der Waals surface area contributed by atoms with Crippen molar-refractivity contribution in [1.29, 1.82) is 0 Å². The number of anilines is 1. The third-order valence-corrected chi connectivity index (χ3v) is 13.4. The molecule has 256 valence electrons. The number of nitrogens with one attached hydrogen (secondary N) is 1. The Bertz CT molecular complexity index is 1570. The van der Waals surface area contributed by atoms with Crippen LogP contribution >= 0.6 is 11.6 Å². The topological polar surface area (TPSA) is 71.0 Å². The van der Waals surface area contributed by atoms with Crippen molar-refractivity contribution in [3.05, 3.63) is 70.3 Å². The van der Waals surface area contributed by atoms with Gasteiger partial charge in [-0.15, -0.1) is 0 Å². The van der Waals surface area contributed by atoms with Crippen molar-refractivity contribution in [3.63, 3.8) is 0 Å². The van der Waals surface area contributed by atoms with Crippen molar-refractivity contribution < 1.29 is 13.2 Å². The van der Waals surface area contributed by atoms with Gasteiger partial charge in [0.25, 0.3) is 0 Å². The molecule has 2 aromatic rings. The van der Waals surface area contributed by atoms with Crippen LogP contribution in [0.5, 0.6) is 5.75 Å². The van der Waals surface area contributed by atoms with E-state index in [0.29, 0.717) is 42.5 Å². The summed E-state index contributed by atoms with van der Waals surface area (Å²) in [5.41, 5.74) is 4.42. The Hall–Kier alpha value is -2.51. The zero-order valence-corrected chi connectivity index (χ0v) is 30.3. The highest BCUT2D eigenvalue weighted by Crippen LogP contribution is 2.46. The first-order chi connectivity index (χ1) is 22.7. The highest BCUT2D eigenvalue weighted by molar-refractivity contribution is 7.90. The molecule has 47 heavy (non-hydrogen) atoms. The minimum absolute atomic E-state index is 0.0214. The number of nitrogens with zero attached hydrogens (tertiary/aromatic N) is 2. The molecule has 4 aliphatic rings. The molecule has 0 aromatic heterocycles. The molecule has 6 rings (SSSR count). The van der Waals surface area contributed by atoms with Gasteiger partial charge < -0.3 is 9.64 Å². The number of fused-ring (bicyclic) bond motifs is 2. The van der Waals surface area contributed by atoms with Gasteiger partial charge in [-0.1, -0.05) is 76.3 Å². The Kier molecular flexibility index (Phi) is 10.9. The summed E-state index contributed by atoms with van der Waals surface area (Å²) in [5.74, 6) is 3.71. The van der Waals surface area contributed by atoms with Crippen LogP contribution in [0.4, 0.5) is 5.69 Å². The number of allylic oxidation sites excluding steroid dienone is 2. The Balaban J connectivity index is 1.41. The van der Waals surface area contributed by atoms with Gasteiger partial charge in [0.1, 0.15) is 11.6 Å². The Morgan fingerprint density at radius 3 is 2.57 bits per heavy atom. The molecule has 2 aliphatic heterocycles. The molecule has 6 nitrogen and oxygen atoms in total. The zero-order chi connectivity index (χ0) is 33.1. The monoisotopic (exact) mass is 679 g/mol. The standard InChI is InChI=1S/C39H54ClN3O3S/c1-5-8-28-11-7-10-26(3)38(20-27-12-13-27)47(44,45)42-39(41-4)30-15-19-37-36(22-30)43(23-31-14-17-34(28)31)24-32(25-46-37)35-18-16-33(40)21-29(35)9-6-2/h7,11,15-16,18-19,21-22,26-28,31-32,34,38H,5-6,8-10,12-14,17,20,23-25H2,1-4H3,(H,41,42)/b11-7-/t26-,28+,31?,32?,34?,38+/m1/s1. The van der Waals surface area contributed by atoms with Crippen molar-refractivity contribution in [1.82, 2.24) is 4.72 Å². The smallest absolute Gasteiger partial charge is 0.237 e. The molecule has 0 spiro atoms. The minimum Gasteiger partial charge on any atom is -0.491 e. The summed E-state index contributed by atoms with van der Waals surface area (Å²) < 4.78 is 37.8. The number of benzene rings is 2. The maximum atomic E-state index is 14.1. The third-order valence-electron chi connectivity index (χ3n) is 11.3. The van der Waals surface area contributed by atoms with Crippen molar-refractivity contribution in [2.75, 3.05) is 31.6 Å². The van der Waals surface area contributed by atoms with Crippen molar-refractivity contribution in [3.8, 4) is 5.75 Å². The second kappa shape index (κ2) is 14.9. The van der Waals surface area contributed by atoms with Gasteiger partial charge in [0.2, 0.25) is 10.0 Å². The van der Waals surface area contributed by atoms with Crippen molar-refractivity contribution >= 4 is 33.1 Å². The second-order valence-electron chi connectivity index (χ2n) is 14.7. The van der Waals surface area contributed by atoms with Crippen LogP contribution in [-0.2, 0) is 16.4 Å². The Morgan fingerprint density at radius 1 is 1.04 bits per heavy atom. The van der Waals surface area contributed by atoms with E-state index in [1.165, 1.54) is 30.4 Å². The number of hydrogen-bond donors (Lipinski definition) is 1. The van der Waals surface area contributed by atoms with E-state index in [4.69, 9.17) is 16.3 Å². The SMILES string of the molecule is CCCc1cc(Cl)ccc1C1COc2ccc3cc2N(C1)CC1CCC1[C@@H](CCC)/C=C\C[C@@H](C)[C@H](CC1CC1)S(=O)(=O)N/C3=N/C. The predicted molar refractivity (Wildman–Crippen MR) is 196 cm³/mol. The number of halogens is 1. The van der Waals surface area contributed by atoms with Gasteiger partial charge in [0.15, 0.2) is 0 Å². The van der Waals surface area contributed by atoms with E-state index in [9.17, 15) is 8.42 Å². The highest BCUT2D eigenvalue weighted by atomic mass is 35.5. The second-order valence-corrected chi connectivity index (χ2v) is 17.1. The van der Waals surface area contributed by atoms with Gasteiger partial charge in [-0.05, 0) is 110 Å². The molecule has 0 radical (unpaired) electrons. The van der Waals surface area contributed by atoms with Crippen LogP contribution in [-0.4, -0.2) is 46.2 Å².